The number of carbonyl (C=O) groups excluding carboxylic acids is 1. The predicted octanol–water partition coefficient (Wildman–Crippen LogP) is 6.34. The molecule has 1 unspecified atom stereocenters. The largest absolute Gasteiger partial charge is 0.465 e. The van der Waals surface area contributed by atoms with Gasteiger partial charge in [-0.15, -0.1) is 0 Å². The molecule has 0 saturated heterocycles. The van der Waals surface area contributed by atoms with Gasteiger partial charge in [-0.25, -0.2) is 0 Å². The van der Waals surface area contributed by atoms with Gasteiger partial charge in [-0.3, -0.25) is 4.79 Å². The van der Waals surface area contributed by atoms with Crippen molar-refractivity contribution in [1.82, 2.24) is 0 Å². The Labute approximate surface area is 149 Å². The van der Waals surface area contributed by atoms with E-state index in [2.05, 4.69) is 26.0 Å². The molecule has 0 aliphatic carbocycles. The minimum atomic E-state index is -1.06. The summed E-state index contributed by atoms with van der Waals surface area (Å²) < 4.78 is 5.07. The van der Waals surface area contributed by atoms with Crippen LogP contribution in [0.4, 0.5) is 0 Å². The molecule has 0 aromatic heterocycles. The van der Waals surface area contributed by atoms with Crippen LogP contribution in [0.2, 0.25) is 0 Å². The Balaban J connectivity index is 4.73. The van der Waals surface area contributed by atoms with Gasteiger partial charge in [-0.1, -0.05) is 64.0 Å². The quantitative estimate of drug-likeness (QED) is 0.211. The Kier molecular flexibility index (Phi) is 13.3. The van der Waals surface area contributed by atoms with Gasteiger partial charge in [-0.05, 0) is 46.0 Å². The first kappa shape index (κ1) is 22.7. The van der Waals surface area contributed by atoms with Gasteiger partial charge in [0, 0.05) is 0 Å². The van der Waals surface area contributed by atoms with Crippen LogP contribution >= 0.6 is 0 Å². The summed E-state index contributed by atoms with van der Waals surface area (Å²) in [6, 6.07) is 2.15. The summed E-state index contributed by atoms with van der Waals surface area (Å²) in [5, 5.41) is 9.41. The Morgan fingerprint density at radius 1 is 1.00 bits per heavy atom. The third-order valence-corrected chi connectivity index (χ3v) is 4.47. The molecular formula is C21H37NO2. The Morgan fingerprint density at radius 2 is 1.54 bits per heavy atom. The van der Waals surface area contributed by atoms with Crippen LogP contribution in [-0.4, -0.2) is 12.6 Å². The fourth-order valence-electron chi connectivity index (χ4n) is 2.70. The van der Waals surface area contributed by atoms with Crippen molar-refractivity contribution in [3.63, 3.8) is 0 Å². The van der Waals surface area contributed by atoms with Gasteiger partial charge < -0.3 is 4.74 Å². The van der Waals surface area contributed by atoms with Crippen LogP contribution in [0.15, 0.2) is 11.6 Å². The zero-order valence-corrected chi connectivity index (χ0v) is 16.3. The molecule has 0 amide bonds. The number of ether oxygens (including phenoxy) is 1. The first-order valence-corrected chi connectivity index (χ1v) is 9.80. The molecule has 138 valence electrons. The second-order valence-electron chi connectivity index (χ2n) is 6.85. The average Bonchev–Trinajstić information content (AvgIpc) is 2.59. The SMILES string of the molecule is CCCCCCC(=CCC(C)(C#N)C(=O)OCC)CCCCCC. The Morgan fingerprint density at radius 3 is 1.96 bits per heavy atom. The van der Waals surface area contributed by atoms with Crippen LogP contribution in [0.5, 0.6) is 0 Å². The summed E-state index contributed by atoms with van der Waals surface area (Å²) >= 11 is 0. The fraction of sp³-hybridized carbons (Fsp3) is 0.810. The molecule has 0 rings (SSSR count). The summed E-state index contributed by atoms with van der Waals surface area (Å²) in [5.41, 5.74) is 0.349. The molecule has 0 heterocycles. The molecule has 0 N–H and O–H groups in total. The van der Waals surface area contributed by atoms with E-state index in [1.807, 2.05) is 0 Å². The topological polar surface area (TPSA) is 50.1 Å². The molecule has 0 aliphatic heterocycles. The number of allylic oxidation sites excluding steroid dienone is 2. The summed E-state index contributed by atoms with van der Waals surface area (Å²) in [6.45, 7) is 8.23. The van der Waals surface area contributed by atoms with E-state index in [-0.39, 0.29) is 0 Å². The molecular weight excluding hydrogens is 298 g/mol. The van der Waals surface area contributed by atoms with Crippen LogP contribution in [0, 0.1) is 16.7 Å². The normalized spacial score (nSPS) is 13.0. The Bertz CT molecular complexity index is 395. The smallest absolute Gasteiger partial charge is 0.326 e. The fourth-order valence-corrected chi connectivity index (χ4v) is 2.70. The first-order chi connectivity index (χ1) is 11.5. The van der Waals surface area contributed by atoms with E-state index in [4.69, 9.17) is 4.74 Å². The molecule has 0 aromatic rings. The van der Waals surface area contributed by atoms with E-state index in [0.29, 0.717) is 13.0 Å². The van der Waals surface area contributed by atoms with Gasteiger partial charge in [0.25, 0.3) is 0 Å². The number of hydrogen-bond acceptors (Lipinski definition) is 3. The van der Waals surface area contributed by atoms with Crippen molar-refractivity contribution in [2.45, 2.75) is 98.3 Å². The number of hydrogen-bond donors (Lipinski definition) is 0. The average molecular weight is 336 g/mol. The molecule has 1 atom stereocenters. The molecule has 0 radical (unpaired) electrons. The maximum atomic E-state index is 12.0. The lowest BCUT2D eigenvalue weighted by Gasteiger charge is -2.18. The number of carbonyl (C=O) groups is 1. The lowest BCUT2D eigenvalue weighted by atomic mass is 9.86. The molecule has 3 nitrogen and oxygen atoms in total. The van der Waals surface area contributed by atoms with E-state index in [9.17, 15) is 10.1 Å². The van der Waals surface area contributed by atoms with E-state index < -0.39 is 11.4 Å². The van der Waals surface area contributed by atoms with E-state index in [1.165, 1.54) is 56.9 Å². The second kappa shape index (κ2) is 14.1. The summed E-state index contributed by atoms with van der Waals surface area (Å²) in [7, 11) is 0. The van der Waals surface area contributed by atoms with Gasteiger partial charge in [0.15, 0.2) is 5.41 Å². The van der Waals surface area contributed by atoms with Crippen molar-refractivity contribution in [3.8, 4) is 6.07 Å². The minimum absolute atomic E-state index is 0.320. The molecule has 3 heteroatoms. The van der Waals surface area contributed by atoms with E-state index in [0.717, 1.165) is 12.8 Å². The maximum absolute atomic E-state index is 12.0. The van der Waals surface area contributed by atoms with Crippen molar-refractivity contribution < 1.29 is 9.53 Å². The van der Waals surface area contributed by atoms with Gasteiger partial charge in [0.05, 0.1) is 12.7 Å². The first-order valence-electron chi connectivity index (χ1n) is 9.80. The van der Waals surface area contributed by atoms with Crippen LogP contribution < -0.4 is 0 Å². The minimum Gasteiger partial charge on any atom is -0.465 e. The monoisotopic (exact) mass is 335 g/mol. The number of nitrogens with zero attached hydrogens (tertiary/aromatic N) is 1. The highest BCUT2D eigenvalue weighted by Crippen LogP contribution is 2.26. The van der Waals surface area contributed by atoms with Crippen molar-refractivity contribution >= 4 is 5.97 Å². The highest BCUT2D eigenvalue weighted by atomic mass is 16.5. The Hall–Kier alpha value is -1.30. The molecule has 0 saturated carbocycles. The van der Waals surface area contributed by atoms with Gasteiger partial charge >= 0.3 is 5.97 Å². The second-order valence-corrected chi connectivity index (χ2v) is 6.85. The number of esters is 1. The number of rotatable bonds is 14. The molecule has 0 spiro atoms. The number of nitriles is 1. The van der Waals surface area contributed by atoms with E-state index in [1.54, 1.807) is 13.8 Å². The zero-order chi connectivity index (χ0) is 18.3. The standard InChI is InChI=1S/C21H37NO2/c1-5-8-10-12-14-19(15-13-11-9-6-2)16-17-21(4,18-22)20(23)24-7-3/h16H,5-15,17H2,1-4H3. The van der Waals surface area contributed by atoms with Crippen molar-refractivity contribution in [1.29, 1.82) is 5.26 Å². The summed E-state index contributed by atoms with van der Waals surface area (Å²) in [4.78, 5) is 12.0. The van der Waals surface area contributed by atoms with Crippen LogP contribution in [0.25, 0.3) is 0 Å². The highest BCUT2D eigenvalue weighted by Gasteiger charge is 2.33. The molecule has 0 bridgehead atoms. The van der Waals surface area contributed by atoms with Crippen molar-refractivity contribution in [3.05, 3.63) is 11.6 Å². The summed E-state index contributed by atoms with van der Waals surface area (Å²) in [5.74, 6) is -0.403. The predicted molar refractivity (Wildman–Crippen MR) is 101 cm³/mol. The third kappa shape index (κ3) is 9.75. The maximum Gasteiger partial charge on any atom is 0.326 e. The van der Waals surface area contributed by atoms with Crippen molar-refractivity contribution in [2.75, 3.05) is 6.61 Å². The van der Waals surface area contributed by atoms with Gasteiger partial charge in [-0.2, -0.15) is 5.26 Å². The molecule has 0 fully saturated rings. The third-order valence-electron chi connectivity index (χ3n) is 4.47. The molecule has 0 aliphatic rings. The van der Waals surface area contributed by atoms with Crippen LogP contribution in [-0.2, 0) is 9.53 Å². The zero-order valence-electron chi connectivity index (χ0n) is 16.3. The molecule has 24 heavy (non-hydrogen) atoms. The van der Waals surface area contributed by atoms with E-state index >= 15 is 0 Å². The van der Waals surface area contributed by atoms with Crippen LogP contribution in [0.3, 0.4) is 0 Å². The van der Waals surface area contributed by atoms with Crippen molar-refractivity contribution in [2.24, 2.45) is 5.41 Å². The highest BCUT2D eigenvalue weighted by molar-refractivity contribution is 5.79. The summed E-state index contributed by atoms with van der Waals surface area (Å²) in [6.07, 6.45) is 14.8. The molecule has 0 aromatic carbocycles. The van der Waals surface area contributed by atoms with Crippen LogP contribution in [0.1, 0.15) is 98.3 Å². The lowest BCUT2D eigenvalue weighted by molar-refractivity contribution is -0.150. The van der Waals surface area contributed by atoms with Gasteiger partial charge in [0.1, 0.15) is 0 Å². The number of unbranched alkanes of at least 4 members (excludes halogenated alkanes) is 6. The van der Waals surface area contributed by atoms with Gasteiger partial charge in [0.2, 0.25) is 0 Å². The lowest BCUT2D eigenvalue weighted by Crippen LogP contribution is -2.27.